The molecule has 0 aliphatic carbocycles. The summed E-state index contributed by atoms with van der Waals surface area (Å²) in [5.41, 5.74) is 0.795. The number of hydrogen-bond donors (Lipinski definition) is 1. The quantitative estimate of drug-likeness (QED) is 0.831. The summed E-state index contributed by atoms with van der Waals surface area (Å²) >= 11 is 1.44. The first kappa shape index (κ1) is 10.9. The number of nitrogens with one attached hydrogen (secondary N) is 1. The maximum absolute atomic E-state index is 13.0. The van der Waals surface area contributed by atoms with E-state index in [1.54, 1.807) is 13.2 Å². The summed E-state index contributed by atoms with van der Waals surface area (Å²) in [5.74, 6) is 0.984. The van der Waals surface area contributed by atoms with E-state index in [-0.39, 0.29) is 5.82 Å². The number of nitrogens with zero attached hydrogens (tertiary/aromatic N) is 2. The summed E-state index contributed by atoms with van der Waals surface area (Å²) in [6, 6.07) is 4.45. The van der Waals surface area contributed by atoms with Crippen LogP contribution in [0.15, 0.2) is 29.7 Å². The highest BCUT2D eigenvalue weighted by atomic mass is 32.2. The van der Waals surface area contributed by atoms with Gasteiger partial charge in [0, 0.05) is 11.3 Å². The van der Waals surface area contributed by atoms with Gasteiger partial charge < -0.3 is 4.74 Å². The lowest BCUT2D eigenvalue weighted by Gasteiger charge is -2.06. The number of thioether (sulfide) groups is 1. The molecule has 4 nitrogen and oxygen atoms in total. The van der Waals surface area contributed by atoms with Crippen molar-refractivity contribution in [3.05, 3.63) is 35.9 Å². The van der Waals surface area contributed by atoms with Crippen LogP contribution in [0.4, 0.5) is 4.39 Å². The number of rotatable bonds is 4. The molecular formula is C10H10FN3OS. The van der Waals surface area contributed by atoms with Gasteiger partial charge in [0.15, 0.2) is 5.16 Å². The number of aromatic nitrogens is 3. The van der Waals surface area contributed by atoms with E-state index in [4.69, 9.17) is 4.74 Å². The summed E-state index contributed by atoms with van der Waals surface area (Å²) in [7, 11) is 1.57. The molecule has 0 unspecified atom stereocenters. The minimum absolute atomic E-state index is 0.269. The van der Waals surface area contributed by atoms with E-state index in [0.29, 0.717) is 16.7 Å². The van der Waals surface area contributed by atoms with Gasteiger partial charge in [0.25, 0.3) is 0 Å². The molecule has 0 bridgehead atoms. The predicted octanol–water partition coefficient (Wildman–Crippen LogP) is 2.24. The highest BCUT2D eigenvalue weighted by molar-refractivity contribution is 7.98. The summed E-state index contributed by atoms with van der Waals surface area (Å²) in [4.78, 5) is 3.97. The molecule has 1 aromatic heterocycles. The zero-order valence-electron chi connectivity index (χ0n) is 8.61. The molecule has 0 saturated carbocycles. The number of H-pyrrole nitrogens is 1. The molecule has 6 heteroatoms. The third kappa shape index (κ3) is 2.52. The van der Waals surface area contributed by atoms with Crippen molar-refractivity contribution in [2.45, 2.75) is 10.9 Å². The first-order valence-electron chi connectivity index (χ1n) is 4.60. The van der Waals surface area contributed by atoms with Crippen molar-refractivity contribution >= 4 is 11.8 Å². The SMILES string of the molecule is COc1ccc(F)cc1CSc1ncn[nH]1. The number of ether oxygens (including phenoxy) is 1. The summed E-state index contributed by atoms with van der Waals surface area (Å²) in [6.07, 6.45) is 1.44. The molecule has 1 aromatic carbocycles. The first-order chi connectivity index (χ1) is 7.79. The van der Waals surface area contributed by atoms with Gasteiger partial charge >= 0.3 is 0 Å². The second kappa shape index (κ2) is 4.98. The minimum Gasteiger partial charge on any atom is -0.496 e. The number of hydrogen-bond acceptors (Lipinski definition) is 4. The summed E-state index contributed by atoms with van der Waals surface area (Å²) in [5, 5.41) is 7.16. The monoisotopic (exact) mass is 239 g/mol. The molecule has 2 aromatic rings. The molecule has 84 valence electrons. The Hall–Kier alpha value is -1.56. The van der Waals surface area contributed by atoms with Crippen LogP contribution < -0.4 is 4.74 Å². The second-order valence-electron chi connectivity index (χ2n) is 3.04. The molecular weight excluding hydrogens is 229 g/mol. The highest BCUT2D eigenvalue weighted by Gasteiger charge is 2.06. The zero-order chi connectivity index (χ0) is 11.4. The largest absolute Gasteiger partial charge is 0.496 e. The van der Waals surface area contributed by atoms with Crippen LogP contribution in [0.5, 0.6) is 5.75 Å². The standard InChI is InChI=1S/C10H10FN3OS/c1-15-9-3-2-8(11)4-7(9)5-16-10-12-6-13-14-10/h2-4,6H,5H2,1H3,(H,12,13,14). The lowest BCUT2D eigenvalue weighted by atomic mass is 10.2. The van der Waals surface area contributed by atoms with E-state index >= 15 is 0 Å². The fraction of sp³-hybridized carbons (Fsp3) is 0.200. The molecule has 0 aliphatic heterocycles. The Kier molecular flexibility index (Phi) is 3.40. The molecule has 0 amide bonds. The first-order valence-corrected chi connectivity index (χ1v) is 5.58. The van der Waals surface area contributed by atoms with E-state index in [9.17, 15) is 4.39 Å². The topological polar surface area (TPSA) is 50.8 Å². The Bertz CT molecular complexity index is 461. The molecule has 0 radical (unpaired) electrons. The third-order valence-corrected chi connectivity index (χ3v) is 2.93. The maximum atomic E-state index is 13.0. The number of benzene rings is 1. The number of methoxy groups -OCH3 is 1. The van der Waals surface area contributed by atoms with Crippen molar-refractivity contribution in [1.82, 2.24) is 15.2 Å². The number of halogens is 1. The molecule has 0 saturated heterocycles. The minimum atomic E-state index is -0.269. The van der Waals surface area contributed by atoms with Gasteiger partial charge in [-0.25, -0.2) is 9.37 Å². The Labute approximate surface area is 96.2 Å². The van der Waals surface area contributed by atoms with Crippen LogP contribution >= 0.6 is 11.8 Å². The van der Waals surface area contributed by atoms with Crippen molar-refractivity contribution < 1.29 is 9.13 Å². The van der Waals surface area contributed by atoms with Crippen LogP contribution in [0.25, 0.3) is 0 Å². The van der Waals surface area contributed by atoms with E-state index in [2.05, 4.69) is 15.2 Å². The average Bonchev–Trinajstić information content (AvgIpc) is 2.79. The zero-order valence-corrected chi connectivity index (χ0v) is 9.42. The molecule has 2 rings (SSSR count). The third-order valence-electron chi connectivity index (χ3n) is 2.00. The molecule has 0 fully saturated rings. The average molecular weight is 239 g/mol. The Balaban J connectivity index is 2.11. The Morgan fingerprint density at radius 2 is 2.38 bits per heavy atom. The van der Waals surface area contributed by atoms with Gasteiger partial charge in [0.1, 0.15) is 17.9 Å². The van der Waals surface area contributed by atoms with E-state index in [1.807, 2.05) is 0 Å². The van der Waals surface area contributed by atoms with Crippen LogP contribution in [-0.2, 0) is 5.75 Å². The highest BCUT2D eigenvalue weighted by Crippen LogP contribution is 2.26. The van der Waals surface area contributed by atoms with Gasteiger partial charge in [-0.1, -0.05) is 11.8 Å². The van der Waals surface area contributed by atoms with Crippen molar-refractivity contribution in [3.8, 4) is 5.75 Å². The molecule has 0 atom stereocenters. The molecule has 1 heterocycles. The summed E-state index contributed by atoms with van der Waals surface area (Å²) < 4.78 is 18.2. The summed E-state index contributed by atoms with van der Waals surface area (Å²) in [6.45, 7) is 0. The van der Waals surface area contributed by atoms with Crippen molar-refractivity contribution in [2.75, 3.05) is 7.11 Å². The molecule has 0 aliphatic rings. The second-order valence-corrected chi connectivity index (χ2v) is 4.00. The van der Waals surface area contributed by atoms with Gasteiger partial charge in [-0.2, -0.15) is 5.10 Å². The number of aromatic amines is 1. The lowest BCUT2D eigenvalue weighted by molar-refractivity contribution is 0.410. The van der Waals surface area contributed by atoms with Crippen LogP contribution in [0.3, 0.4) is 0 Å². The van der Waals surface area contributed by atoms with Gasteiger partial charge in [0.05, 0.1) is 7.11 Å². The normalized spacial score (nSPS) is 10.4. The Morgan fingerprint density at radius 3 is 3.06 bits per heavy atom. The fourth-order valence-corrected chi connectivity index (χ4v) is 2.03. The van der Waals surface area contributed by atoms with E-state index < -0.39 is 0 Å². The van der Waals surface area contributed by atoms with Gasteiger partial charge in [0.2, 0.25) is 0 Å². The predicted molar refractivity (Wildman–Crippen MR) is 58.9 cm³/mol. The van der Waals surface area contributed by atoms with Crippen LogP contribution in [0.1, 0.15) is 5.56 Å². The fourth-order valence-electron chi connectivity index (χ4n) is 1.27. The van der Waals surface area contributed by atoms with Gasteiger partial charge in [-0.15, -0.1) is 0 Å². The van der Waals surface area contributed by atoms with E-state index in [0.717, 1.165) is 5.56 Å². The van der Waals surface area contributed by atoms with Gasteiger partial charge in [-0.3, -0.25) is 5.10 Å². The van der Waals surface area contributed by atoms with Crippen LogP contribution in [-0.4, -0.2) is 22.3 Å². The smallest absolute Gasteiger partial charge is 0.183 e. The van der Waals surface area contributed by atoms with E-state index in [1.165, 1.54) is 30.2 Å². The van der Waals surface area contributed by atoms with Crippen LogP contribution in [0, 0.1) is 5.82 Å². The molecule has 0 spiro atoms. The van der Waals surface area contributed by atoms with Crippen molar-refractivity contribution in [3.63, 3.8) is 0 Å². The van der Waals surface area contributed by atoms with Crippen LogP contribution in [0.2, 0.25) is 0 Å². The molecule has 16 heavy (non-hydrogen) atoms. The van der Waals surface area contributed by atoms with Crippen molar-refractivity contribution in [1.29, 1.82) is 0 Å². The Morgan fingerprint density at radius 1 is 1.50 bits per heavy atom. The lowest BCUT2D eigenvalue weighted by Crippen LogP contribution is -1.91. The molecule has 1 N–H and O–H groups in total. The maximum Gasteiger partial charge on any atom is 0.183 e. The van der Waals surface area contributed by atoms with Gasteiger partial charge in [-0.05, 0) is 18.2 Å². The van der Waals surface area contributed by atoms with Crippen molar-refractivity contribution in [2.24, 2.45) is 0 Å².